The normalized spacial score (nSPS) is 18.7. The molecule has 0 saturated carbocycles. The molecule has 0 aromatic carbocycles. The summed E-state index contributed by atoms with van der Waals surface area (Å²) in [5, 5.41) is 2.94. The van der Waals surface area contributed by atoms with E-state index in [4.69, 9.17) is 10.5 Å². The molecule has 116 valence electrons. The minimum absolute atomic E-state index is 0.00358. The number of nitrogens with one attached hydrogen (secondary N) is 1. The highest BCUT2D eigenvalue weighted by molar-refractivity contribution is 5.73. The predicted octanol–water partition coefficient (Wildman–Crippen LogP) is 1.56. The Bertz CT molecular complexity index is 525. The topological polar surface area (TPSA) is 80.5 Å². The quantitative estimate of drug-likeness (QED) is 0.883. The predicted molar refractivity (Wildman–Crippen MR) is 83.5 cm³/mol. The molecule has 1 aliphatic heterocycles. The van der Waals surface area contributed by atoms with Crippen molar-refractivity contribution >= 4 is 17.4 Å². The first kappa shape index (κ1) is 15.4. The van der Waals surface area contributed by atoms with E-state index in [-0.39, 0.29) is 17.6 Å². The lowest BCUT2D eigenvalue weighted by atomic mass is 10.2. The number of nitrogens with zero attached hydrogens (tertiary/aromatic N) is 2. The van der Waals surface area contributed by atoms with Gasteiger partial charge in [0.25, 0.3) is 0 Å². The van der Waals surface area contributed by atoms with Gasteiger partial charge in [-0.25, -0.2) is 0 Å². The third-order valence-electron chi connectivity index (χ3n) is 3.20. The molecule has 1 unspecified atom stereocenters. The standard InChI is InChI=1S/C15H24N4O2/c1-10(20)17-11-7-8-19(9-11)13-6-5-12(16)14(18-13)21-15(2,3)4/h5-6,11H,7-9,16H2,1-4H3,(H,17,20). The van der Waals surface area contributed by atoms with Crippen LogP contribution in [0.3, 0.4) is 0 Å². The number of rotatable bonds is 3. The summed E-state index contributed by atoms with van der Waals surface area (Å²) in [5.41, 5.74) is 6.12. The van der Waals surface area contributed by atoms with Crippen LogP contribution in [0.15, 0.2) is 12.1 Å². The molecular formula is C15H24N4O2. The van der Waals surface area contributed by atoms with Crippen molar-refractivity contribution in [1.82, 2.24) is 10.3 Å². The Morgan fingerprint density at radius 3 is 2.81 bits per heavy atom. The molecule has 2 heterocycles. The van der Waals surface area contributed by atoms with Crippen LogP contribution in [0.25, 0.3) is 0 Å². The lowest BCUT2D eigenvalue weighted by Crippen LogP contribution is -2.35. The van der Waals surface area contributed by atoms with Crippen LogP contribution in [0.4, 0.5) is 11.5 Å². The van der Waals surface area contributed by atoms with E-state index in [1.165, 1.54) is 0 Å². The second-order valence-corrected chi connectivity index (χ2v) is 6.41. The van der Waals surface area contributed by atoms with Crippen molar-refractivity contribution in [2.75, 3.05) is 23.7 Å². The molecule has 1 aliphatic rings. The van der Waals surface area contributed by atoms with E-state index in [1.54, 1.807) is 6.92 Å². The fourth-order valence-electron chi connectivity index (χ4n) is 2.36. The molecule has 21 heavy (non-hydrogen) atoms. The van der Waals surface area contributed by atoms with Crippen LogP contribution in [-0.4, -0.2) is 35.6 Å². The van der Waals surface area contributed by atoms with E-state index in [0.29, 0.717) is 11.6 Å². The summed E-state index contributed by atoms with van der Waals surface area (Å²) < 4.78 is 5.79. The highest BCUT2D eigenvalue weighted by Crippen LogP contribution is 2.28. The van der Waals surface area contributed by atoms with Gasteiger partial charge in [-0.05, 0) is 39.3 Å². The summed E-state index contributed by atoms with van der Waals surface area (Å²) in [6.45, 7) is 9.04. The van der Waals surface area contributed by atoms with Gasteiger partial charge < -0.3 is 20.7 Å². The number of carbonyl (C=O) groups is 1. The second-order valence-electron chi connectivity index (χ2n) is 6.41. The van der Waals surface area contributed by atoms with E-state index < -0.39 is 0 Å². The molecule has 0 spiro atoms. The van der Waals surface area contributed by atoms with Gasteiger partial charge >= 0.3 is 0 Å². The molecule has 1 fully saturated rings. The van der Waals surface area contributed by atoms with Crippen LogP contribution in [0.1, 0.15) is 34.1 Å². The summed E-state index contributed by atoms with van der Waals surface area (Å²) in [4.78, 5) is 17.8. The molecule has 6 heteroatoms. The third-order valence-corrected chi connectivity index (χ3v) is 3.20. The first-order valence-corrected chi connectivity index (χ1v) is 7.22. The van der Waals surface area contributed by atoms with Crippen molar-refractivity contribution in [2.24, 2.45) is 0 Å². The van der Waals surface area contributed by atoms with Crippen molar-refractivity contribution in [2.45, 2.75) is 45.8 Å². The zero-order chi connectivity index (χ0) is 15.6. The molecule has 1 aromatic rings. The summed E-state index contributed by atoms with van der Waals surface area (Å²) in [6.07, 6.45) is 0.918. The number of carbonyl (C=O) groups excluding carboxylic acids is 1. The maximum Gasteiger partial charge on any atom is 0.239 e. The first-order chi connectivity index (χ1) is 9.74. The Labute approximate surface area is 125 Å². The second kappa shape index (κ2) is 5.79. The van der Waals surface area contributed by atoms with Gasteiger partial charge in [0.1, 0.15) is 11.4 Å². The van der Waals surface area contributed by atoms with Crippen LogP contribution in [0, 0.1) is 0 Å². The fourth-order valence-corrected chi connectivity index (χ4v) is 2.36. The van der Waals surface area contributed by atoms with Gasteiger partial charge in [0.15, 0.2) is 0 Å². The van der Waals surface area contributed by atoms with E-state index in [9.17, 15) is 4.79 Å². The number of pyridine rings is 1. The highest BCUT2D eigenvalue weighted by Gasteiger charge is 2.25. The smallest absolute Gasteiger partial charge is 0.239 e. The molecule has 1 amide bonds. The molecule has 0 aliphatic carbocycles. The molecule has 0 bridgehead atoms. The highest BCUT2D eigenvalue weighted by atomic mass is 16.5. The maximum absolute atomic E-state index is 11.1. The van der Waals surface area contributed by atoms with E-state index >= 15 is 0 Å². The summed E-state index contributed by atoms with van der Waals surface area (Å²) >= 11 is 0. The molecular weight excluding hydrogens is 268 g/mol. The number of anilines is 2. The molecule has 1 saturated heterocycles. The van der Waals surface area contributed by atoms with Crippen LogP contribution >= 0.6 is 0 Å². The fraction of sp³-hybridized carbons (Fsp3) is 0.600. The van der Waals surface area contributed by atoms with Gasteiger partial charge in [-0.3, -0.25) is 4.79 Å². The van der Waals surface area contributed by atoms with Crippen LogP contribution < -0.4 is 20.7 Å². The number of hydrogen-bond acceptors (Lipinski definition) is 5. The minimum atomic E-state index is -0.344. The Morgan fingerprint density at radius 1 is 1.48 bits per heavy atom. The Morgan fingerprint density at radius 2 is 2.19 bits per heavy atom. The van der Waals surface area contributed by atoms with Crippen molar-refractivity contribution in [3.8, 4) is 5.88 Å². The van der Waals surface area contributed by atoms with Gasteiger partial charge in [0.2, 0.25) is 11.8 Å². The van der Waals surface area contributed by atoms with Gasteiger partial charge in [-0.15, -0.1) is 0 Å². The Kier molecular flexibility index (Phi) is 4.25. The average Bonchev–Trinajstić information content (AvgIpc) is 2.78. The number of aromatic nitrogens is 1. The number of hydrogen-bond donors (Lipinski definition) is 2. The van der Waals surface area contributed by atoms with Crippen molar-refractivity contribution < 1.29 is 9.53 Å². The lowest BCUT2D eigenvalue weighted by Gasteiger charge is -2.23. The zero-order valence-electron chi connectivity index (χ0n) is 13.1. The number of nitrogens with two attached hydrogens (primary N) is 1. The maximum atomic E-state index is 11.1. The van der Waals surface area contributed by atoms with E-state index in [1.807, 2.05) is 32.9 Å². The summed E-state index contributed by atoms with van der Waals surface area (Å²) in [6, 6.07) is 3.88. The van der Waals surface area contributed by atoms with Crippen LogP contribution in [0.5, 0.6) is 5.88 Å². The van der Waals surface area contributed by atoms with Gasteiger partial charge in [0.05, 0.1) is 5.69 Å². The van der Waals surface area contributed by atoms with E-state index in [0.717, 1.165) is 25.3 Å². The number of ether oxygens (including phenoxy) is 1. The SMILES string of the molecule is CC(=O)NC1CCN(c2ccc(N)c(OC(C)(C)C)n2)C1. The van der Waals surface area contributed by atoms with Crippen molar-refractivity contribution in [3.63, 3.8) is 0 Å². The molecule has 2 rings (SSSR count). The van der Waals surface area contributed by atoms with Crippen molar-refractivity contribution in [3.05, 3.63) is 12.1 Å². The Hall–Kier alpha value is -1.98. The number of amides is 1. The first-order valence-electron chi connectivity index (χ1n) is 7.22. The molecule has 1 atom stereocenters. The summed E-state index contributed by atoms with van der Waals surface area (Å²) in [5.74, 6) is 1.29. The largest absolute Gasteiger partial charge is 0.470 e. The Balaban J connectivity index is 2.11. The molecule has 0 radical (unpaired) electrons. The van der Waals surface area contributed by atoms with Gasteiger partial charge in [0, 0.05) is 26.1 Å². The molecule has 1 aromatic heterocycles. The number of nitrogen functional groups attached to an aromatic ring is 1. The molecule has 6 nitrogen and oxygen atoms in total. The minimum Gasteiger partial charge on any atom is -0.470 e. The summed E-state index contributed by atoms with van der Waals surface area (Å²) in [7, 11) is 0. The zero-order valence-corrected chi connectivity index (χ0v) is 13.1. The monoisotopic (exact) mass is 292 g/mol. The molecule has 3 N–H and O–H groups in total. The van der Waals surface area contributed by atoms with Gasteiger partial charge in [-0.1, -0.05) is 0 Å². The van der Waals surface area contributed by atoms with E-state index in [2.05, 4.69) is 15.2 Å². The van der Waals surface area contributed by atoms with Crippen LogP contribution in [0.2, 0.25) is 0 Å². The lowest BCUT2D eigenvalue weighted by molar-refractivity contribution is -0.119. The van der Waals surface area contributed by atoms with Crippen molar-refractivity contribution in [1.29, 1.82) is 0 Å². The average molecular weight is 292 g/mol. The van der Waals surface area contributed by atoms with Crippen LogP contribution in [-0.2, 0) is 4.79 Å². The van der Waals surface area contributed by atoms with Gasteiger partial charge in [-0.2, -0.15) is 4.98 Å². The third kappa shape index (κ3) is 4.24.